The molecule has 0 radical (unpaired) electrons. The predicted octanol–water partition coefficient (Wildman–Crippen LogP) is 1.38. The highest BCUT2D eigenvalue weighted by Crippen LogP contribution is 2.24. The third-order valence-electron chi connectivity index (χ3n) is 4.51. The van der Waals surface area contributed by atoms with Crippen LogP contribution < -0.4 is 10.2 Å². The zero-order chi connectivity index (χ0) is 18.4. The Morgan fingerprint density at radius 3 is 3.08 bits per heavy atom. The van der Waals surface area contributed by atoms with Crippen molar-refractivity contribution in [2.45, 2.75) is 25.0 Å². The van der Waals surface area contributed by atoms with Gasteiger partial charge in [0.1, 0.15) is 5.82 Å². The Balaban J connectivity index is 1.61. The van der Waals surface area contributed by atoms with E-state index in [0.717, 1.165) is 24.3 Å². The van der Waals surface area contributed by atoms with Gasteiger partial charge < -0.3 is 20.1 Å². The third-order valence-corrected chi connectivity index (χ3v) is 4.51. The number of rotatable bonds is 6. The molecule has 138 valence electrons. The summed E-state index contributed by atoms with van der Waals surface area (Å²) in [5.74, 6) is 0.539. The van der Waals surface area contributed by atoms with E-state index in [2.05, 4.69) is 15.3 Å². The number of carbonyl (C=O) groups excluding carboxylic acids is 1. The van der Waals surface area contributed by atoms with Crippen LogP contribution in [0.25, 0.3) is 0 Å². The van der Waals surface area contributed by atoms with Gasteiger partial charge in [0.25, 0.3) is 5.91 Å². The average Bonchev–Trinajstić information content (AvgIpc) is 2.67. The maximum Gasteiger partial charge on any atom is 0.251 e. The van der Waals surface area contributed by atoms with Crippen LogP contribution in [0.3, 0.4) is 0 Å². The number of hydrogen-bond donors (Lipinski definition) is 2. The van der Waals surface area contributed by atoms with E-state index in [4.69, 9.17) is 4.74 Å². The molecule has 1 amide bonds. The number of hydrogen-bond acceptors (Lipinski definition) is 6. The topological polar surface area (TPSA) is 87.6 Å². The fourth-order valence-corrected chi connectivity index (χ4v) is 3.22. The van der Waals surface area contributed by atoms with Crippen molar-refractivity contribution in [1.82, 2.24) is 15.3 Å². The van der Waals surface area contributed by atoms with E-state index in [1.165, 1.54) is 0 Å². The van der Waals surface area contributed by atoms with Crippen LogP contribution in [0.4, 0.5) is 5.82 Å². The second-order valence-electron chi connectivity index (χ2n) is 6.63. The number of β-amino-alcohol motifs (C(OH)–C–C–N with tert-alkyl or cyclic N) is 1. The predicted molar refractivity (Wildman–Crippen MR) is 97.9 cm³/mol. The molecule has 2 heterocycles. The third kappa shape index (κ3) is 4.56. The molecule has 0 saturated carbocycles. The molecule has 1 aromatic carbocycles. The Hall–Kier alpha value is -2.51. The number of carbonyl (C=O) groups is 1. The summed E-state index contributed by atoms with van der Waals surface area (Å²) in [4.78, 5) is 22.8. The molecule has 0 bridgehead atoms. The van der Waals surface area contributed by atoms with Gasteiger partial charge in [-0.1, -0.05) is 12.1 Å². The first-order valence-electron chi connectivity index (χ1n) is 8.69. The molecule has 7 heteroatoms. The van der Waals surface area contributed by atoms with Crippen molar-refractivity contribution < 1.29 is 14.6 Å². The van der Waals surface area contributed by atoms with E-state index in [1.54, 1.807) is 37.8 Å². The van der Waals surface area contributed by atoms with Gasteiger partial charge in [0.05, 0.1) is 18.4 Å². The van der Waals surface area contributed by atoms with Gasteiger partial charge in [-0.25, -0.2) is 4.98 Å². The molecule has 2 N–H and O–H groups in total. The summed E-state index contributed by atoms with van der Waals surface area (Å²) in [5.41, 5.74) is 0.505. The highest BCUT2D eigenvalue weighted by atomic mass is 16.5. The summed E-state index contributed by atoms with van der Waals surface area (Å²) in [6.07, 6.45) is 6.40. The number of ether oxygens (including phenoxy) is 1. The number of methoxy groups -OCH3 is 1. The molecule has 1 aliphatic heterocycles. The largest absolute Gasteiger partial charge is 0.386 e. The summed E-state index contributed by atoms with van der Waals surface area (Å²) in [5, 5.41) is 13.8. The van der Waals surface area contributed by atoms with E-state index in [0.29, 0.717) is 25.1 Å². The summed E-state index contributed by atoms with van der Waals surface area (Å²) in [7, 11) is 1.62. The minimum atomic E-state index is -0.991. The second-order valence-corrected chi connectivity index (χ2v) is 6.63. The highest BCUT2D eigenvalue weighted by molar-refractivity contribution is 5.94. The van der Waals surface area contributed by atoms with Crippen molar-refractivity contribution in [2.75, 3.05) is 31.6 Å². The smallest absolute Gasteiger partial charge is 0.251 e. The van der Waals surface area contributed by atoms with Crippen molar-refractivity contribution in [1.29, 1.82) is 0 Å². The van der Waals surface area contributed by atoms with Crippen LogP contribution in [0.5, 0.6) is 0 Å². The Kier molecular flexibility index (Phi) is 5.80. The van der Waals surface area contributed by atoms with Crippen molar-refractivity contribution in [2.24, 2.45) is 0 Å². The monoisotopic (exact) mass is 356 g/mol. The summed E-state index contributed by atoms with van der Waals surface area (Å²) in [6, 6.07) is 7.29. The minimum Gasteiger partial charge on any atom is -0.386 e. The normalized spacial score (nSPS) is 20.0. The van der Waals surface area contributed by atoms with Gasteiger partial charge >= 0.3 is 0 Å². The van der Waals surface area contributed by atoms with Crippen LogP contribution in [-0.2, 0) is 11.3 Å². The van der Waals surface area contributed by atoms with Crippen LogP contribution in [0.2, 0.25) is 0 Å². The summed E-state index contributed by atoms with van der Waals surface area (Å²) in [6.45, 7) is 1.87. The number of nitrogens with one attached hydrogen (secondary N) is 1. The first-order chi connectivity index (χ1) is 12.6. The van der Waals surface area contributed by atoms with Crippen molar-refractivity contribution in [3.63, 3.8) is 0 Å². The summed E-state index contributed by atoms with van der Waals surface area (Å²) >= 11 is 0. The standard InChI is InChI=1S/C19H24N4O3/c1-26-12-15-4-2-5-16(10-15)18(24)22-13-19(25)6-3-9-23(14-19)17-11-20-7-8-21-17/h2,4-5,7-8,10-11,25H,3,6,9,12-14H2,1H3,(H,22,24)/t19-/m1/s1. The number of amides is 1. The first kappa shape index (κ1) is 18.3. The number of aliphatic hydroxyl groups is 1. The van der Waals surface area contributed by atoms with E-state index in [1.807, 2.05) is 17.0 Å². The minimum absolute atomic E-state index is 0.192. The lowest BCUT2D eigenvalue weighted by Crippen LogP contribution is -2.54. The van der Waals surface area contributed by atoms with E-state index >= 15 is 0 Å². The van der Waals surface area contributed by atoms with Gasteiger partial charge in [-0.3, -0.25) is 9.78 Å². The molecule has 0 unspecified atom stereocenters. The Labute approximate surface area is 153 Å². The summed E-state index contributed by atoms with van der Waals surface area (Å²) < 4.78 is 5.10. The first-order valence-corrected chi connectivity index (χ1v) is 8.69. The van der Waals surface area contributed by atoms with Gasteiger partial charge in [-0.05, 0) is 30.5 Å². The lowest BCUT2D eigenvalue weighted by Gasteiger charge is -2.39. The number of anilines is 1. The lowest BCUT2D eigenvalue weighted by molar-refractivity contribution is 0.0254. The van der Waals surface area contributed by atoms with Gasteiger partial charge in [0.15, 0.2) is 0 Å². The molecule has 7 nitrogen and oxygen atoms in total. The van der Waals surface area contributed by atoms with Gasteiger partial charge in [-0.15, -0.1) is 0 Å². The van der Waals surface area contributed by atoms with Crippen LogP contribution in [-0.4, -0.2) is 53.3 Å². The molecule has 1 fully saturated rings. The fourth-order valence-electron chi connectivity index (χ4n) is 3.22. The number of piperidine rings is 1. The Bertz CT molecular complexity index is 741. The van der Waals surface area contributed by atoms with E-state index in [9.17, 15) is 9.90 Å². The molecule has 0 aliphatic carbocycles. The molecule has 1 aliphatic rings. The molecule has 26 heavy (non-hydrogen) atoms. The van der Waals surface area contributed by atoms with Gasteiger partial charge in [-0.2, -0.15) is 0 Å². The molecule has 3 rings (SSSR count). The maximum atomic E-state index is 12.4. The average molecular weight is 356 g/mol. The number of nitrogens with zero attached hydrogens (tertiary/aromatic N) is 3. The Morgan fingerprint density at radius 1 is 1.42 bits per heavy atom. The molecule has 2 aromatic rings. The van der Waals surface area contributed by atoms with Gasteiger partial charge in [0.2, 0.25) is 0 Å². The SMILES string of the molecule is COCc1cccc(C(=O)NC[C@]2(O)CCCN(c3cnccn3)C2)c1. The highest BCUT2D eigenvalue weighted by Gasteiger charge is 2.34. The fraction of sp³-hybridized carbons (Fsp3) is 0.421. The number of benzene rings is 1. The zero-order valence-electron chi connectivity index (χ0n) is 14.9. The van der Waals surface area contributed by atoms with E-state index < -0.39 is 5.60 Å². The molecule has 1 saturated heterocycles. The Morgan fingerprint density at radius 2 is 2.31 bits per heavy atom. The molecular weight excluding hydrogens is 332 g/mol. The molecule has 0 spiro atoms. The zero-order valence-corrected chi connectivity index (χ0v) is 14.9. The maximum absolute atomic E-state index is 12.4. The second kappa shape index (κ2) is 8.25. The van der Waals surface area contributed by atoms with Crippen molar-refractivity contribution >= 4 is 11.7 Å². The molecule has 1 aromatic heterocycles. The van der Waals surface area contributed by atoms with Crippen LogP contribution in [0.15, 0.2) is 42.9 Å². The number of aromatic nitrogens is 2. The lowest BCUT2D eigenvalue weighted by atomic mass is 9.92. The van der Waals surface area contributed by atoms with E-state index in [-0.39, 0.29) is 12.5 Å². The van der Waals surface area contributed by atoms with Crippen LogP contribution >= 0.6 is 0 Å². The van der Waals surface area contributed by atoms with Crippen LogP contribution in [0, 0.1) is 0 Å². The molecule has 1 atom stereocenters. The van der Waals surface area contributed by atoms with Gasteiger partial charge in [0, 0.05) is 44.7 Å². The molecular formula is C19H24N4O3. The van der Waals surface area contributed by atoms with Crippen molar-refractivity contribution in [3.8, 4) is 0 Å². The van der Waals surface area contributed by atoms with Crippen molar-refractivity contribution in [3.05, 3.63) is 54.0 Å². The quantitative estimate of drug-likeness (QED) is 0.813. The van der Waals surface area contributed by atoms with Crippen LogP contribution in [0.1, 0.15) is 28.8 Å².